The van der Waals surface area contributed by atoms with Gasteiger partial charge in [-0.3, -0.25) is 14.5 Å². The maximum atomic E-state index is 15.2. The number of aromatic nitrogens is 4. The number of ether oxygens (including phenoxy) is 1. The van der Waals surface area contributed by atoms with Gasteiger partial charge in [-0.2, -0.15) is 4.39 Å². The molecule has 12 nitrogen and oxygen atoms in total. The average molecular weight is 591 g/mol. The lowest BCUT2D eigenvalue weighted by Crippen LogP contribution is -2.54. The molecule has 0 aliphatic carbocycles. The number of carbonyl (C=O) groups is 3. The molecule has 2 atom stereocenters. The quantitative estimate of drug-likeness (QED) is 0.312. The molecule has 5 rings (SSSR count). The highest BCUT2D eigenvalue weighted by Gasteiger charge is 2.35. The first-order valence-electron chi connectivity index (χ1n) is 13.0. The van der Waals surface area contributed by atoms with E-state index in [2.05, 4.69) is 20.6 Å². The van der Waals surface area contributed by atoms with E-state index in [-0.39, 0.29) is 61.9 Å². The smallest absolute Gasteiger partial charge is 0.414 e. The van der Waals surface area contributed by atoms with E-state index < -0.39 is 54.3 Å². The summed E-state index contributed by atoms with van der Waals surface area (Å²) < 4.78 is 63.5. The highest BCUT2D eigenvalue weighted by atomic mass is 19.1. The van der Waals surface area contributed by atoms with Crippen LogP contribution in [-0.4, -0.2) is 87.7 Å². The van der Waals surface area contributed by atoms with Gasteiger partial charge >= 0.3 is 6.09 Å². The Morgan fingerprint density at radius 1 is 1.14 bits per heavy atom. The Morgan fingerprint density at radius 2 is 1.86 bits per heavy atom. The van der Waals surface area contributed by atoms with Crippen LogP contribution >= 0.6 is 0 Å². The van der Waals surface area contributed by atoms with Gasteiger partial charge in [0.25, 0.3) is 5.91 Å². The minimum atomic E-state index is -0.976. The van der Waals surface area contributed by atoms with Crippen LogP contribution < -0.4 is 15.1 Å². The van der Waals surface area contributed by atoms with Crippen molar-refractivity contribution in [3.05, 3.63) is 65.5 Å². The Morgan fingerprint density at radius 3 is 2.50 bits per heavy atom. The van der Waals surface area contributed by atoms with Crippen molar-refractivity contribution in [3.63, 3.8) is 0 Å². The molecule has 3 amide bonds. The van der Waals surface area contributed by atoms with E-state index in [0.717, 1.165) is 17.0 Å². The highest BCUT2D eigenvalue weighted by molar-refractivity contribution is 5.97. The molecule has 3 aromatic rings. The number of alkyl halides is 1. The van der Waals surface area contributed by atoms with Gasteiger partial charge in [0.1, 0.15) is 30.2 Å². The van der Waals surface area contributed by atoms with Crippen molar-refractivity contribution >= 4 is 29.3 Å². The van der Waals surface area contributed by atoms with E-state index in [1.807, 2.05) is 0 Å². The third-order valence-corrected chi connectivity index (χ3v) is 6.93. The van der Waals surface area contributed by atoms with Gasteiger partial charge in [-0.15, -0.1) is 5.10 Å². The van der Waals surface area contributed by atoms with Crippen LogP contribution in [0.5, 0.6) is 0 Å². The fourth-order valence-corrected chi connectivity index (χ4v) is 4.85. The van der Waals surface area contributed by atoms with Gasteiger partial charge in [-0.25, -0.2) is 27.6 Å². The van der Waals surface area contributed by atoms with E-state index in [1.54, 1.807) is 0 Å². The number of carbonyl (C=O) groups excluding carboxylic acids is 3. The van der Waals surface area contributed by atoms with Crippen molar-refractivity contribution in [1.29, 1.82) is 0 Å². The topological polar surface area (TPSA) is 126 Å². The van der Waals surface area contributed by atoms with Crippen LogP contribution in [0.3, 0.4) is 0 Å². The molecule has 4 heterocycles. The third-order valence-electron chi connectivity index (χ3n) is 6.93. The number of amides is 3. The van der Waals surface area contributed by atoms with Crippen LogP contribution in [0.25, 0.3) is 0 Å². The summed E-state index contributed by atoms with van der Waals surface area (Å²) in [6.45, 7) is 1.18. The molecule has 0 unspecified atom stereocenters. The van der Waals surface area contributed by atoms with Crippen LogP contribution in [-0.2, 0) is 22.8 Å². The molecule has 42 heavy (non-hydrogen) atoms. The van der Waals surface area contributed by atoms with Crippen LogP contribution in [0.4, 0.5) is 33.7 Å². The predicted octanol–water partition coefficient (Wildman–Crippen LogP) is 2.05. The van der Waals surface area contributed by atoms with Crippen molar-refractivity contribution < 1.29 is 36.7 Å². The van der Waals surface area contributed by atoms with Crippen molar-refractivity contribution in [2.75, 3.05) is 42.5 Å². The average Bonchev–Trinajstić information content (AvgIpc) is 3.58. The third kappa shape index (κ3) is 5.96. The minimum absolute atomic E-state index is 0.00911. The number of pyridine rings is 1. The molecule has 16 heteroatoms. The number of benzene rings is 1. The number of nitrogens with one attached hydrogen (secondary N) is 1. The standard InChI is InChI=1S/C26H26F4N8O4/c1-15(32-24(39)19-3-2-4-31-23(19)30)25(40)36-7-5-35(6-8-36)22-20(28)9-17(10-21(22)29)38-14-18(42-26(38)41)13-37-12-16(11-27)33-34-37/h2-4,9-10,12,15,18H,5-8,11,13-14H2,1H3,(H,32,39)/t15-,18-/m0/s1. The summed E-state index contributed by atoms with van der Waals surface area (Å²) in [7, 11) is 0. The molecule has 0 spiro atoms. The normalized spacial score (nSPS) is 17.8. The van der Waals surface area contributed by atoms with Gasteiger partial charge in [0.2, 0.25) is 11.9 Å². The predicted molar refractivity (Wildman–Crippen MR) is 139 cm³/mol. The van der Waals surface area contributed by atoms with Gasteiger partial charge in [0.05, 0.1) is 30.5 Å². The molecule has 2 aliphatic rings. The maximum Gasteiger partial charge on any atom is 0.414 e. The fourth-order valence-electron chi connectivity index (χ4n) is 4.85. The lowest BCUT2D eigenvalue weighted by atomic mass is 10.1. The van der Waals surface area contributed by atoms with Crippen LogP contribution in [0.15, 0.2) is 36.7 Å². The van der Waals surface area contributed by atoms with Gasteiger partial charge in [-0.05, 0) is 19.1 Å². The summed E-state index contributed by atoms with van der Waals surface area (Å²) in [6.07, 6.45) is 1.08. The molecule has 1 N–H and O–H groups in total. The Hall–Kier alpha value is -4.76. The molecule has 222 valence electrons. The lowest BCUT2D eigenvalue weighted by molar-refractivity contribution is -0.133. The van der Waals surface area contributed by atoms with Gasteiger partial charge in [0.15, 0.2) is 11.6 Å². The molecular weight excluding hydrogens is 564 g/mol. The van der Waals surface area contributed by atoms with Gasteiger partial charge < -0.3 is 19.9 Å². The molecule has 2 aromatic heterocycles. The second-order valence-electron chi connectivity index (χ2n) is 9.79. The Labute approximate surface area is 236 Å². The lowest BCUT2D eigenvalue weighted by Gasteiger charge is -2.37. The first kappa shape index (κ1) is 28.8. The fraction of sp³-hybridized carbons (Fsp3) is 0.385. The van der Waals surface area contributed by atoms with Gasteiger partial charge in [0, 0.05) is 44.5 Å². The first-order chi connectivity index (χ1) is 20.1. The number of hydrogen-bond acceptors (Lipinski definition) is 8. The summed E-state index contributed by atoms with van der Waals surface area (Å²) in [5, 5.41) is 9.82. The zero-order chi connectivity index (χ0) is 30.0. The largest absolute Gasteiger partial charge is 0.442 e. The van der Waals surface area contributed by atoms with E-state index in [4.69, 9.17) is 4.74 Å². The SMILES string of the molecule is C[C@H](NC(=O)c1cccnc1F)C(=O)N1CCN(c2c(F)cc(N3C[C@H](Cn4cc(CF)nn4)OC3=O)cc2F)CC1. The minimum Gasteiger partial charge on any atom is -0.442 e. The second kappa shape index (κ2) is 12.0. The summed E-state index contributed by atoms with van der Waals surface area (Å²) in [5.74, 6) is -3.98. The van der Waals surface area contributed by atoms with Crippen molar-refractivity contribution in [3.8, 4) is 0 Å². The summed E-state index contributed by atoms with van der Waals surface area (Å²) in [5.41, 5.74) is -0.506. The number of cyclic esters (lactones) is 1. The number of rotatable bonds is 8. The van der Waals surface area contributed by atoms with E-state index in [0.29, 0.717) is 0 Å². The first-order valence-corrected chi connectivity index (χ1v) is 13.0. The zero-order valence-electron chi connectivity index (χ0n) is 22.3. The molecular formula is C26H26F4N8O4. The van der Waals surface area contributed by atoms with E-state index in [9.17, 15) is 23.2 Å². The zero-order valence-corrected chi connectivity index (χ0v) is 22.3. The molecule has 0 saturated carbocycles. The second-order valence-corrected chi connectivity index (χ2v) is 9.79. The molecule has 2 aliphatic heterocycles. The number of piperazine rings is 1. The summed E-state index contributed by atoms with van der Waals surface area (Å²) in [4.78, 5) is 45.0. The number of anilines is 2. The number of halogens is 4. The summed E-state index contributed by atoms with van der Waals surface area (Å²) >= 11 is 0. The van der Waals surface area contributed by atoms with Crippen molar-refractivity contribution in [2.45, 2.75) is 32.3 Å². The highest BCUT2D eigenvalue weighted by Crippen LogP contribution is 2.32. The maximum absolute atomic E-state index is 15.2. The van der Waals surface area contributed by atoms with Crippen LogP contribution in [0, 0.1) is 17.6 Å². The van der Waals surface area contributed by atoms with Crippen LogP contribution in [0.1, 0.15) is 23.0 Å². The van der Waals surface area contributed by atoms with Crippen molar-refractivity contribution in [1.82, 2.24) is 30.2 Å². The molecule has 0 bridgehead atoms. The molecule has 2 saturated heterocycles. The summed E-state index contributed by atoms with van der Waals surface area (Å²) in [6, 6.07) is 3.73. The van der Waals surface area contributed by atoms with E-state index in [1.165, 1.54) is 45.9 Å². The van der Waals surface area contributed by atoms with Gasteiger partial charge in [-0.1, -0.05) is 5.21 Å². The van der Waals surface area contributed by atoms with Crippen LogP contribution in [0.2, 0.25) is 0 Å². The number of hydrogen-bond donors (Lipinski definition) is 1. The van der Waals surface area contributed by atoms with Crippen molar-refractivity contribution in [2.24, 2.45) is 0 Å². The monoisotopic (exact) mass is 590 g/mol. The Bertz CT molecular complexity index is 1470. The molecule has 2 fully saturated rings. The Kier molecular flexibility index (Phi) is 8.22. The molecule has 1 aromatic carbocycles. The van der Waals surface area contributed by atoms with E-state index >= 15 is 8.78 Å². The Balaban J connectivity index is 1.18. The number of nitrogens with zero attached hydrogens (tertiary/aromatic N) is 7. The molecule has 0 radical (unpaired) electrons.